The standard InChI is InChI=1S/C17H15N5S/c1-2-4-12-13(5-3-1)23-17-14(12)16-20-15(21-22(16)10-19-17)11-6-8-18-9-7-11/h6-10H,1-5H2. The van der Waals surface area contributed by atoms with Crippen molar-refractivity contribution in [2.75, 3.05) is 0 Å². The third-order valence-electron chi connectivity index (χ3n) is 4.48. The second-order valence-corrected chi connectivity index (χ2v) is 7.01. The number of aromatic nitrogens is 5. The first-order valence-electron chi connectivity index (χ1n) is 7.96. The van der Waals surface area contributed by atoms with Crippen LogP contribution >= 0.6 is 11.3 Å². The van der Waals surface area contributed by atoms with Crippen molar-refractivity contribution in [1.82, 2.24) is 24.6 Å². The number of hydrogen-bond donors (Lipinski definition) is 0. The largest absolute Gasteiger partial charge is 0.265 e. The Balaban J connectivity index is 1.79. The normalized spacial score (nSPS) is 15.0. The van der Waals surface area contributed by atoms with Crippen LogP contribution in [-0.4, -0.2) is 24.6 Å². The number of pyridine rings is 1. The molecular formula is C17H15N5S. The highest BCUT2D eigenvalue weighted by atomic mass is 32.1. The average molecular weight is 321 g/mol. The van der Waals surface area contributed by atoms with Gasteiger partial charge in [0.15, 0.2) is 11.5 Å². The molecule has 1 aliphatic carbocycles. The Bertz CT molecular complexity index is 1000. The summed E-state index contributed by atoms with van der Waals surface area (Å²) < 4.78 is 1.82. The lowest BCUT2D eigenvalue weighted by Crippen LogP contribution is -1.92. The number of rotatable bonds is 1. The van der Waals surface area contributed by atoms with Crippen LogP contribution < -0.4 is 0 Å². The quantitative estimate of drug-likeness (QED) is 0.502. The highest BCUT2D eigenvalue weighted by molar-refractivity contribution is 7.19. The van der Waals surface area contributed by atoms with Gasteiger partial charge < -0.3 is 0 Å². The minimum atomic E-state index is 0.732. The van der Waals surface area contributed by atoms with Gasteiger partial charge in [0.05, 0.1) is 5.39 Å². The Morgan fingerprint density at radius 3 is 2.83 bits per heavy atom. The highest BCUT2D eigenvalue weighted by Crippen LogP contribution is 2.36. The molecule has 6 heteroatoms. The molecule has 0 N–H and O–H groups in total. The molecule has 23 heavy (non-hydrogen) atoms. The van der Waals surface area contributed by atoms with E-state index in [1.807, 2.05) is 28.0 Å². The van der Waals surface area contributed by atoms with Crippen LogP contribution in [0.4, 0.5) is 0 Å². The smallest absolute Gasteiger partial charge is 0.182 e. The van der Waals surface area contributed by atoms with Crippen LogP contribution in [0.15, 0.2) is 30.9 Å². The molecule has 0 saturated carbocycles. The van der Waals surface area contributed by atoms with Gasteiger partial charge in [-0.3, -0.25) is 4.98 Å². The summed E-state index contributed by atoms with van der Waals surface area (Å²) in [6, 6.07) is 3.88. The van der Waals surface area contributed by atoms with Crippen molar-refractivity contribution >= 4 is 27.2 Å². The van der Waals surface area contributed by atoms with Gasteiger partial charge in [-0.25, -0.2) is 14.5 Å². The van der Waals surface area contributed by atoms with E-state index in [0.29, 0.717) is 0 Å². The molecule has 0 aliphatic heterocycles. The summed E-state index contributed by atoms with van der Waals surface area (Å²) in [6.45, 7) is 0. The van der Waals surface area contributed by atoms with Crippen LogP contribution in [0.3, 0.4) is 0 Å². The first kappa shape index (κ1) is 13.1. The minimum absolute atomic E-state index is 0.732. The summed E-state index contributed by atoms with van der Waals surface area (Å²) in [5.41, 5.74) is 3.37. The third-order valence-corrected chi connectivity index (χ3v) is 5.68. The number of aryl methyl sites for hydroxylation is 2. The van der Waals surface area contributed by atoms with E-state index >= 15 is 0 Å². The summed E-state index contributed by atoms with van der Waals surface area (Å²) in [6.07, 6.45) is 11.5. The Morgan fingerprint density at radius 2 is 1.91 bits per heavy atom. The molecular weight excluding hydrogens is 306 g/mol. The summed E-state index contributed by atoms with van der Waals surface area (Å²) >= 11 is 1.83. The summed E-state index contributed by atoms with van der Waals surface area (Å²) in [5.74, 6) is 0.732. The van der Waals surface area contributed by atoms with Crippen molar-refractivity contribution in [3.05, 3.63) is 41.3 Å². The predicted octanol–water partition coefficient (Wildman–Crippen LogP) is 3.67. The third kappa shape index (κ3) is 2.05. The Hall–Kier alpha value is -2.34. The maximum absolute atomic E-state index is 4.81. The molecule has 114 valence electrons. The molecule has 5 rings (SSSR count). The molecule has 0 fully saturated rings. The second kappa shape index (κ2) is 5.09. The first-order valence-corrected chi connectivity index (χ1v) is 8.78. The predicted molar refractivity (Wildman–Crippen MR) is 90.7 cm³/mol. The van der Waals surface area contributed by atoms with Crippen molar-refractivity contribution in [3.63, 3.8) is 0 Å². The lowest BCUT2D eigenvalue weighted by Gasteiger charge is -1.98. The lowest BCUT2D eigenvalue weighted by molar-refractivity contribution is 0.713. The minimum Gasteiger partial charge on any atom is -0.265 e. The fourth-order valence-electron chi connectivity index (χ4n) is 3.35. The molecule has 1 aliphatic rings. The van der Waals surface area contributed by atoms with Gasteiger partial charge in [-0.15, -0.1) is 16.4 Å². The van der Waals surface area contributed by atoms with E-state index in [1.54, 1.807) is 18.7 Å². The van der Waals surface area contributed by atoms with Crippen molar-refractivity contribution in [3.8, 4) is 11.4 Å². The van der Waals surface area contributed by atoms with Crippen LogP contribution in [0.1, 0.15) is 29.7 Å². The molecule has 0 bridgehead atoms. The van der Waals surface area contributed by atoms with Crippen molar-refractivity contribution in [2.24, 2.45) is 0 Å². The fraction of sp³-hybridized carbons (Fsp3) is 0.294. The van der Waals surface area contributed by atoms with Gasteiger partial charge in [-0.1, -0.05) is 6.42 Å². The molecule has 0 amide bonds. The fourth-order valence-corrected chi connectivity index (χ4v) is 4.58. The van der Waals surface area contributed by atoms with E-state index < -0.39 is 0 Å². The molecule has 4 aromatic rings. The topological polar surface area (TPSA) is 56.0 Å². The molecule has 5 nitrogen and oxygen atoms in total. The highest BCUT2D eigenvalue weighted by Gasteiger charge is 2.20. The maximum Gasteiger partial charge on any atom is 0.182 e. The van der Waals surface area contributed by atoms with Gasteiger partial charge in [0.1, 0.15) is 11.2 Å². The van der Waals surface area contributed by atoms with Gasteiger partial charge in [0, 0.05) is 22.8 Å². The van der Waals surface area contributed by atoms with Gasteiger partial charge in [-0.05, 0) is 43.4 Å². The van der Waals surface area contributed by atoms with E-state index in [-0.39, 0.29) is 0 Å². The number of fused-ring (bicyclic) bond motifs is 5. The second-order valence-electron chi connectivity index (χ2n) is 5.93. The zero-order chi connectivity index (χ0) is 15.2. The molecule has 0 unspecified atom stereocenters. The molecule has 0 saturated heterocycles. The van der Waals surface area contributed by atoms with E-state index in [1.165, 1.54) is 41.5 Å². The van der Waals surface area contributed by atoms with Crippen molar-refractivity contribution in [2.45, 2.75) is 32.1 Å². The van der Waals surface area contributed by atoms with E-state index in [9.17, 15) is 0 Å². The van der Waals surface area contributed by atoms with Gasteiger partial charge in [-0.2, -0.15) is 0 Å². The zero-order valence-corrected chi connectivity index (χ0v) is 13.4. The van der Waals surface area contributed by atoms with E-state index in [2.05, 4.69) is 15.1 Å². The van der Waals surface area contributed by atoms with Crippen LogP contribution in [0.25, 0.3) is 27.3 Å². The summed E-state index contributed by atoms with van der Waals surface area (Å²) in [7, 11) is 0. The van der Waals surface area contributed by atoms with Gasteiger partial charge in [0.2, 0.25) is 0 Å². The monoisotopic (exact) mass is 321 g/mol. The Kier molecular flexibility index (Phi) is 2.91. The average Bonchev–Trinajstić information content (AvgIpc) is 3.09. The number of nitrogens with zero attached hydrogens (tertiary/aromatic N) is 5. The van der Waals surface area contributed by atoms with Crippen LogP contribution in [0, 0.1) is 0 Å². The summed E-state index contributed by atoms with van der Waals surface area (Å²) in [5, 5.41) is 5.82. The molecule has 0 radical (unpaired) electrons. The SMILES string of the molecule is c1cc(-c2nc3c4c5c(sc4ncn3n2)CCCCC5)ccn1. The number of thiophene rings is 1. The zero-order valence-electron chi connectivity index (χ0n) is 12.6. The van der Waals surface area contributed by atoms with Crippen LogP contribution in [0.5, 0.6) is 0 Å². The molecule has 4 heterocycles. The lowest BCUT2D eigenvalue weighted by atomic mass is 10.1. The molecule has 0 spiro atoms. The summed E-state index contributed by atoms with van der Waals surface area (Å²) in [4.78, 5) is 16.1. The van der Waals surface area contributed by atoms with Crippen LogP contribution in [-0.2, 0) is 12.8 Å². The van der Waals surface area contributed by atoms with Gasteiger partial charge >= 0.3 is 0 Å². The Labute approximate surface area is 137 Å². The van der Waals surface area contributed by atoms with E-state index in [4.69, 9.17) is 4.98 Å². The van der Waals surface area contributed by atoms with Crippen LogP contribution in [0.2, 0.25) is 0 Å². The molecule has 0 atom stereocenters. The first-order chi connectivity index (χ1) is 11.4. The molecule has 4 aromatic heterocycles. The van der Waals surface area contributed by atoms with Gasteiger partial charge in [0.25, 0.3) is 0 Å². The van der Waals surface area contributed by atoms with Crippen molar-refractivity contribution in [1.29, 1.82) is 0 Å². The van der Waals surface area contributed by atoms with Crippen molar-refractivity contribution < 1.29 is 0 Å². The number of hydrogen-bond acceptors (Lipinski definition) is 5. The molecule has 0 aromatic carbocycles. The maximum atomic E-state index is 4.81. The van der Waals surface area contributed by atoms with E-state index in [0.717, 1.165) is 28.3 Å². The Morgan fingerprint density at radius 1 is 1.04 bits per heavy atom.